The Balaban J connectivity index is 1.50. The second-order valence-corrected chi connectivity index (χ2v) is 7.94. The van der Waals surface area contributed by atoms with Crippen LogP contribution in [0.15, 0.2) is 66.0 Å². The van der Waals surface area contributed by atoms with Gasteiger partial charge in [-0.1, -0.05) is 23.9 Å². The van der Waals surface area contributed by atoms with Gasteiger partial charge in [-0.05, 0) is 61.4 Å². The maximum absolute atomic E-state index is 12.5. The molecule has 2 aromatic heterocycles. The van der Waals surface area contributed by atoms with Crippen molar-refractivity contribution in [2.24, 2.45) is 0 Å². The molecule has 2 aromatic carbocycles. The number of fused-ring (bicyclic) bond motifs is 1. The van der Waals surface area contributed by atoms with Crippen LogP contribution in [0.3, 0.4) is 0 Å². The van der Waals surface area contributed by atoms with Gasteiger partial charge in [-0.2, -0.15) is 5.10 Å². The fourth-order valence-corrected chi connectivity index (χ4v) is 3.88. The number of benzene rings is 2. The van der Waals surface area contributed by atoms with Gasteiger partial charge in [-0.3, -0.25) is 4.79 Å². The molecule has 0 aliphatic rings. The van der Waals surface area contributed by atoms with E-state index in [0.29, 0.717) is 0 Å². The highest BCUT2D eigenvalue weighted by Gasteiger charge is 2.12. The zero-order chi connectivity index (χ0) is 21.1. The summed E-state index contributed by atoms with van der Waals surface area (Å²) in [6, 6.07) is 15.8. The number of anilines is 1. The monoisotopic (exact) mass is 418 g/mol. The fourth-order valence-electron chi connectivity index (χ4n) is 3.10. The van der Waals surface area contributed by atoms with Crippen LogP contribution in [0.25, 0.3) is 16.8 Å². The third-order valence-electron chi connectivity index (χ3n) is 4.75. The quantitative estimate of drug-likeness (QED) is 0.458. The molecule has 6 nitrogen and oxygen atoms in total. The van der Waals surface area contributed by atoms with Crippen molar-refractivity contribution in [1.29, 1.82) is 0 Å². The van der Waals surface area contributed by atoms with E-state index in [-0.39, 0.29) is 11.7 Å². The molecule has 0 atom stereocenters. The molecule has 7 heteroatoms. The van der Waals surface area contributed by atoms with Gasteiger partial charge in [0.05, 0.1) is 24.1 Å². The van der Waals surface area contributed by atoms with Crippen LogP contribution < -0.4 is 10.1 Å². The van der Waals surface area contributed by atoms with Crippen LogP contribution in [-0.2, 0) is 4.79 Å². The summed E-state index contributed by atoms with van der Waals surface area (Å²) >= 11 is 1.40. The lowest BCUT2D eigenvalue weighted by Crippen LogP contribution is -2.15. The Morgan fingerprint density at radius 1 is 1.13 bits per heavy atom. The van der Waals surface area contributed by atoms with E-state index in [1.54, 1.807) is 17.8 Å². The van der Waals surface area contributed by atoms with E-state index >= 15 is 0 Å². The molecule has 0 saturated heterocycles. The van der Waals surface area contributed by atoms with Gasteiger partial charge in [0.25, 0.3) is 0 Å². The van der Waals surface area contributed by atoms with E-state index in [2.05, 4.69) is 15.4 Å². The van der Waals surface area contributed by atoms with Gasteiger partial charge in [0.2, 0.25) is 5.91 Å². The van der Waals surface area contributed by atoms with Gasteiger partial charge in [0.1, 0.15) is 10.8 Å². The third-order valence-corrected chi connectivity index (χ3v) is 5.74. The average molecular weight is 419 g/mol. The molecule has 0 bridgehead atoms. The number of aryl methyl sites for hydroxylation is 2. The van der Waals surface area contributed by atoms with E-state index in [1.165, 1.54) is 11.8 Å². The molecule has 152 valence electrons. The number of thioether (sulfide) groups is 1. The number of carbonyl (C=O) groups excluding carboxylic acids is 1. The number of carbonyl (C=O) groups is 1. The molecule has 4 aromatic rings. The number of rotatable bonds is 6. The minimum Gasteiger partial charge on any atom is -0.497 e. The van der Waals surface area contributed by atoms with Gasteiger partial charge in [-0.15, -0.1) is 0 Å². The number of hydrogen-bond donors (Lipinski definition) is 1. The zero-order valence-electron chi connectivity index (χ0n) is 17.0. The molecule has 1 amide bonds. The second-order valence-electron chi connectivity index (χ2n) is 6.98. The van der Waals surface area contributed by atoms with E-state index in [4.69, 9.17) is 4.74 Å². The van der Waals surface area contributed by atoms with E-state index in [9.17, 15) is 4.79 Å². The summed E-state index contributed by atoms with van der Waals surface area (Å²) in [7, 11) is 1.64. The van der Waals surface area contributed by atoms with Gasteiger partial charge >= 0.3 is 0 Å². The first-order valence-electron chi connectivity index (χ1n) is 9.52. The van der Waals surface area contributed by atoms with Crippen LogP contribution in [0.4, 0.5) is 5.69 Å². The van der Waals surface area contributed by atoms with Gasteiger partial charge in [0, 0.05) is 23.6 Å². The zero-order valence-corrected chi connectivity index (χ0v) is 17.9. The van der Waals surface area contributed by atoms with Crippen molar-refractivity contribution in [3.8, 4) is 17.0 Å². The number of amides is 1. The standard InChI is InChI=1S/C23H22N4O2S/c1-15-4-5-16(2)19(12-15)25-22(28)14-30-23-21-13-20(26-27(21)11-10-24-23)17-6-8-18(29-3)9-7-17/h4-13H,14H2,1-3H3,(H,25,28). The summed E-state index contributed by atoms with van der Waals surface area (Å²) < 4.78 is 7.01. The molecular formula is C23H22N4O2S. The number of hydrogen-bond acceptors (Lipinski definition) is 5. The van der Waals surface area contributed by atoms with Crippen LogP contribution in [0.5, 0.6) is 5.75 Å². The summed E-state index contributed by atoms with van der Waals surface area (Å²) in [6.45, 7) is 3.99. The maximum atomic E-state index is 12.5. The van der Waals surface area contributed by atoms with Crippen molar-refractivity contribution in [2.75, 3.05) is 18.2 Å². The number of methoxy groups -OCH3 is 1. The Morgan fingerprint density at radius 3 is 2.70 bits per heavy atom. The molecule has 0 radical (unpaired) electrons. The fraction of sp³-hybridized carbons (Fsp3) is 0.174. The predicted octanol–water partition coefficient (Wildman–Crippen LogP) is 4.75. The summed E-state index contributed by atoms with van der Waals surface area (Å²) in [6.07, 6.45) is 3.51. The van der Waals surface area contributed by atoms with E-state index in [0.717, 1.165) is 44.4 Å². The van der Waals surface area contributed by atoms with Crippen LogP contribution in [0, 0.1) is 13.8 Å². The largest absolute Gasteiger partial charge is 0.497 e. The highest BCUT2D eigenvalue weighted by molar-refractivity contribution is 8.00. The van der Waals surface area contributed by atoms with Crippen molar-refractivity contribution in [1.82, 2.24) is 14.6 Å². The van der Waals surface area contributed by atoms with Gasteiger partial charge < -0.3 is 10.1 Å². The van der Waals surface area contributed by atoms with Crippen molar-refractivity contribution >= 4 is 28.9 Å². The van der Waals surface area contributed by atoms with Crippen LogP contribution in [0.1, 0.15) is 11.1 Å². The summed E-state index contributed by atoms with van der Waals surface area (Å²) in [5.74, 6) is 1.01. The summed E-state index contributed by atoms with van der Waals surface area (Å²) in [5.41, 5.74) is 5.70. The normalized spacial score (nSPS) is 10.9. The van der Waals surface area contributed by atoms with Gasteiger partial charge in [0.15, 0.2) is 0 Å². The Kier molecular flexibility index (Phi) is 5.72. The van der Waals surface area contributed by atoms with E-state index < -0.39 is 0 Å². The highest BCUT2D eigenvalue weighted by Crippen LogP contribution is 2.27. The van der Waals surface area contributed by atoms with Crippen molar-refractivity contribution < 1.29 is 9.53 Å². The molecule has 0 aliphatic carbocycles. The van der Waals surface area contributed by atoms with Crippen molar-refractivity contribution in [2.45, 2.75) is 18.9 Å². The predicted molar refractivity (Wildman–Crippen MR) is 120 cm³/mol. The summed E-state index contributed by atoms with van der Waals surface area (Å²) in [5, 5.41) is 8.39. The third kappa shape index (κ3) is 4.31. The molecule has 0 saturated carbocycles. The Hall–Kier alpha value is -3.32. The molecule has 2 heterocycles. The number of nitrogens with one attached hydrogen (secondary N) is 1. The Bertz CT molecular complexity index is 1200. The molecular weight excluding hydrogens is 396 g/mol. The lowest BCUT2D eigenvalue weighted by atomic mass is 10.1. The number of aromatic nitrogens is 3. The minimum atomic E-state index is -0.0626. The second kappa shape index (κ2) is 8.59. The first-order valence-corrected chi connectivity index (χ1v) is 10.5. The van der Waals surface area contributed by atoms with Crippen LogP contribution >= 0.6 is 11.8 Å². The lowest BCUT2D eigenvalue weighted by Gasteiger charge is -2.09. The van der Waals surface area contributed by atoms with Gasteiger partial charge in [-0.25, -0.2) is 9.50 Å². The molecule has 0 spiro atoms. The average Bonchev–Trinajstić information content (AvgIpc) is 3.20. The Labute approximate surface area is 179 Å². The summed E-state index contributed by atoms with van der Waals surface area (Å²) in [4.78, 5) is 16.9. The number of nitrogens with zero attached hydrogens (tertiary/aromatic N) is 3. The number of ether oxygens (including phenoxy) is 1. The highest BCUT2D eigenvalue weighted by atomic mass is 32.2. The molecule has 0 unspecified atom stereocenters. The van der Waals surface area contributed by atoms with E-state index in [1.807, 2.05) is 68.6 Å². The molecule has 1 N–H and O–H groups in total. The van der Waals surface area contributed by atoms with Crippen LogP contribution in [-0.4, -0.2) is 33.4 Å². The SMILES string of the molecule is COc1ccc(-c2cc3c(SCC(=O)Nc4cc(C)ccc4C)nccn3n2)cc1. The molecule has 4 rings (SSSR count). The minimum absolute atomic E-state index is 0.0626. The lowest BCUT2D eigenvalue weighted by molar-refractivity contribution is -0.113. The topological polar surface area (TPSA) is 68.5 Å². The van der Waals surface area contributed by atoms with Crippen molar-refractivity contribution in [3.63, 3.8) is 0 Å². The smallest absolute Gasteiger partial charge is 0.234 e. The van der Waals surface area contributed by atoms with Crippen LogP contribution in [0.2, 0.25) is 0 Å². The molecule has 0 fully saturated rings. The van der Waals surface area contributed by atoms with Crippen molar-refractivity contribution in [3.05, 3.63) is 72.1 Å². The maximum Gasteiger partial charge on any atom is 0.234 e. The first kappa shape index (κ1) is 20.0. The Morgan fingerprint density at radius 2 is 1.93 bits per heavy atom. The molecule has 30 heavy (non-hydrogen) atoms. The first-order chi connectivity index (χ1) is 14.5. The molecule has 0 aliphatic heterocycles.